The second kappa shape index (κ2) is 9.47. The number of fused-ring (bicyclic) bond motifs is 1. The Hall–Kier alpha value is -2.27. The molecule has 1 aliphatic rings. The number of nitrogens with one attached hydrogen (secondary N) is 2. The number of carbonyl (C=O) groups is 1. The van der Waals surface area contributed by atoms with Crippen LogP contribution in [0.25, 0.3) is 11.1 Å². The largest absolute Gasteiger partial charge is 0.431 e. The minimum atomic E-state index is -3.86. The topological polar surface area (TPSA) is 111 Å². The van der Waals surface area contributed by atoms with Crippen molar-refractivity contribution < 1.29 is 22.4 Å². The minimum absolute atomic E-state index is 0.0269. The molecule has 0 unspecified atom stereocenters. The van der Waals surface area contributed by atoms with Gasteiger partial charge in [-0.25, -0.2) is 13.4 Å². The number of ether oxygens (including phenoxy) is 1. The number of hydrogen-bond donors (Lipinski definition) is 2. The average molecular weight is 482 g/mol. The molecule has 2 aromatic carbocycles. The average Bonchev–Trinajstić information content (AvgIpc) is 3.41. The molecule has 0 bridgehead atoms. The third kappa shape index (κ3) is 5.51. The summed E-state index contributed by atoms with van der Waals surface area (Å²) in [5.41, 5.74) is 1.10. The van der Waals surface area contributed by atoms with Crippen molar-refractivity contribution in [2.45, 2.75) is 29.1 Å². The van der Waals surface area contributed by atoms with E-state index in [0.29, 0.717) is 22.7 Å². The maximum absolute atomic E-state index is 12.7. The molecule has 0 saturated carbocycles. The second-order valence-electron chi connectivity index (χ2n) is 6.92. The van der Waals surface area contributed by atoms with Crippen LogP contribution in [0.5, 0.6) is 0 Å². The summed E-state index contributed by atoms with van der Waals surface area (Å²) in [7, 11) is -3.86. The van der Waals surface area contributed by atoms with E-state index in [2.05, 4.69) is 15.0 Å². The number of oxazole rings is 1. The first-order valence-electron chi connectivity index (χ1n) is 9.60. The minimum Gasteiger partial charge on any atom is -0.431 e. The van der Waals surface area contributed by atoms with Crippen molar-refractivity contribution in [2.75, 3.05) is 23.6 Å². The Bertz CT molecular complexity index is 1190. The van der Waals surface area contributed by atoms with Gasteiger partial charge in [-0.15, -0.1) is 0 Å². The summed E-state index contributed by atoms with van der Waals surface area (Å²) in [6, 6.07) is 10.9. The molecule has 1 aromatic heterocycles. The van der Waals surface area contributed by atoms with Crippen LogP contribution in [0.15, 0.2) is 57.0 Å². The number of benzene rings is 2. The summed E-state index contributed by atoms with van der Waals surface area (Å²) in [5, 5.41) is 3.42. The first kappa shape index (κ1) is 21.9. The monoisotopic (exact) mass is 481 g/mol. The second-order valence-corrected chi connectivity index (χ2v) is 9.94. The van der Waals surface area contributed by atoms with E-state index < -0.39 is 10.0 Å². The SMILES string of the molecule is O=C(CSc1nc2cc(S(=O)(=O)Nc3ccccc3Cl)ccc2o1)NC[C@H]1CCCO1. The predicted molar refractivity (Wildman–Crippen MR) is 119 cm³/mol. The van der Waals surface area contributed by atoms with Gasteiger partial charge in [-0.1, -0.05) is 35.5 Å². The fourth-order valence-electron chi connectivity index (χ4n) is 3.07. The lowest BCUT2D eigenvalue weighted by Crippen LogP contribution is -2.32. The maximum atomic E-state index is 12.7. The third-order valence-electron chi connectivity index (χ3n) is 4.65. The van der Waals surface area contributed by atoms with Crippen molar-refractivity contribution in [1.82, 2.24) is 10.3 Å². The first-order chi connectivity index (χ1) is 14.9. The number of aromatic nitrogens is 1. The van der Waals surface area contributed by atoms with Gasteiger partial charge in [-0.3, -0.25) is 9.52 Å². The third-order valence-corrected chi connectivity index (χ3v) is 7.17. The molecule has 164 valence electrons. The predicted octanol–water partition coefficient (Wildman–Crippen LogP) is 3.67. The molecule has 1 amide bonds. The van der Waals surface area contributed by atoms with Crippen LogP contribution >= 0.6 is 23.4 Å². The number of para-hydroxylation sites is 1. The van der Waals surface area contributed by atoms with Gasteiger partial charge < -0.3 is 14.5 Å². The van der Waals surface area contributed by atoms with Crippen LogP contribution in [-0.2, 0) is 19.6 Å². The number of anilines is 1. The van der Waals surface area contributed by atoms with Crippen LogP contribution in [0.3, 0.4) is 0 Å². The molecule has 2 heterocycles. The summed E-state index contributed by atoms with van der Waals surface area (Å²) in [6.45, 7) is 1.23. The van der Waals surface area contributed by atoms with Gasteiger partial charge >= 0.3 is 0 Å². The lowest BCUT2D eigenvalue weighted by molar-refractivity contribution is -0.119. The van der Waals surface area contributed by atoms with Crippen LogP contribution in [0.1, 0.15) is 12.8 Å². The fraction of sp³-hybridized carbons (Fsp3) is 0.300. The number of nitrogens with zero attached hydrogens (tertiary/aromatic N) is 1. The van der Waals surface area contributed by atoms with E-state index in [1.54, 1.807) is 24.3 Å². The zero-order chi connectivity index (χ0) is 21.8. The Morgan fingerprint density at radius 2 is 2.10 bits per heavy atom. The van der Waals surface area contributed by atoms with Crippen molar-refractivity contribution in [2.24, 2.45) is 0 Å². The molecule has 0 aliphatic carbocycles. The van der Waals surface area contributed by atoms with Crippen LogP contribution in [-0.4, -0.2) is 44.3 Å². The van der Waals surface area contributed by atoms with Crippen molar-refractivity contribution >= 4 is 56.1 Å². The van der Waals surface area contributed by atoms with Gasteiger partial charge in [0.2, 0.25) is 5.91 Å². The summed E-state index contributed by atoms with van der Waals surface area (Å²) in [6.07, 6.45) is 2.05. The van der Waals surface area contributed by atoms with Gasteiger partial charge in [0.25, 0.3) is 15.2 Å². The highest BCUT2D eigenvalue weighted by atomic mass is 35.5. The molecule has 1 saturated heterocycles. The highest BCUT2D eigenvalue weighted by Crippen LogP contribution is 2.28. The lowest BCUT2D eigenvalue weighted by atomic mass is 10.2. The van der Waals surface area contributed by atoms with Crippen molar-refractivity contribution in [3.63, 3.8) is 0 Å². The molecular weight excluding hydrogens is 462 g/mol. The number of thioether (sulfide) groups is 1. The standard InChI is InChI=1S/C20H20ClN3O5S2/c21-15-5-1-2-6-16(15)24-31(26,27)14-7-8-18-17(10-14)23-20(29-18)30-12-19(25)22-11-13-4-3-9-28-13/h1-2,5-8,10,13,24H,3-4,9,11-12H2,(H,22,25)/t13-/m1/s1. The van der Waals surface area contributed by atoms with E-state index in [-0.39, 0.29) is 33.6 Å². The summed E-state index contributed by atoms with van der Waals surface area (Å²) in [5.74, 6) is -0.00589. The highest BCUT2D eigenvalue weighted by Gasteiger charge is 2.19. The Morgan fingerprint density at radius 1 is 1.26 bits per heavy atom. The Morgan fingerprint density at radius 3 is 2.87 bits per heavy atom. The number of carbonyl (C=O) groups excluding carboxylic acids is 1. The molecule has 31 heavy (non-hydrogen) atoms. The van der Waals surface area contributed by atoms with E-state index in [4.69, 9.17) is 20.8 Å². The highest BCUT2D eigenvalue weighted by molar-refractivity contribution is 7.99. The van der Waals surface area contributed by atoms with Gasteiger partial charge in [0.1, 0.15) is 5.52 Å². The molecule has 4 rings (SSSR count). The first-order valence-corrected chi connectivity index (χ1v) is 12.4. The van der Waals surface area contributed by atoms with Crippen molar-refractivity contribution in [1.29, 1.82) is 0 Å². The molecule has 0 spiro atoms. The van der Waals surface area contributed by atoms with E-state index in [1.807, 2.05) is 0 Å². The zero-order valence-electron chi connectivity index (χ0n) is 16.3. The van der Waals surface area contributed by atoms with Gasteiger partial charge in [0, 0.05) is 13.2 Å². The molecule has 1 fully saturated rings. The molecular formula is C20H20ClN3O5S2. The molecule has 11 heteroatoms. The van der Waals surface area contributed by atoms with Crippen LogP contribution in [0.4, 0.5) is 5.69 Å². The summed E-state index contributed by atoms with van der Waals surface area (Å²) >= 11 is 7.18. The van der Waals surface area contributed by atoms with Crippen molar-refractivity contribution in [3.05, 3.63) is 47.5 Å². The van der Waals surface area contributed by atoms with E-state index in [0.717, 1.165) is 31.2 Å². The Labute approximate surface area is 188 Å². The summed E-state index contributed by atoms with van der Waals surface area (Å²) in [4.78, 5) is 16.3. The molecule has 1 aliphatic heterocycles. The molecule has 8 nitrogen and oxygen atoms in total. The molecule has 3 aromatic rings. The molecule has 0 radical (unpaired) electrons. The zero-order valence-corrected chi connectivity index (χ0v) is 18.7. The number of amides is 1. The van der Waals surface area contributed by atoms with Gasteiger partial charge in [-0.2, -0.15) is 0 Å². The Balaban J connectivity index is 1.40. The number of halogens is 1. The summed E-state index contributed by atoms with van der Waals surface area (Å²) < 4.78 is 39.0. The molecule has 2 N–H and O–H groups in total. The van der Waals surface area contributed by atoms with E-state index >= 15 is 0 Å². The molecule has 1 atom stereocenters. The van der Waals surface area contributed by atoms with Gasteiger partial charge in [-0.05, 0) is 43.2 Å². The maximum Gasteiger partial charge on any atom is 0.262 e. The van der Waals surface area contributed by atoms with E-state index in [1.165, 1.54) is 18.2 Å². The van der Waals surface area contributed by atoms with Crippen molar-refractivity contribution in [3.8, 4) is 0 Å². The number of hydrogen-bond acceptors (Lipinski definition) is 7. The van der Waals surface area contributed by atoms with E-state index in [9.17, 15) is 13.2 Å². The van der Waals surface area contributed by atoms with Crippen LogP contribution in [0, 0.1) is 0 Å². The number of sulfonamides is 1. The van der Waals surface area contributed by atoms with Crippen LogP contribution in [0.2, 0.25) is 5.02 Å². The quantitative estimate of drug-likeness (QED) is 0.472. The van der Waals surface area contributed by atoms with Gasteiger partial charge in [0.05, 0.1) is 27.5 Å². The van der Waals surface area contributed by atoms with Gasteiger partial charge in [0.15, 0.2) is 5.58 Å². The normalized spacial score (nSPS) is 16.5. The smallest absolute Gasteiger partial charge is 0.262 e. The fourth-order valence-corrected chi connectivity index (χ4v) is 5.08. The lowest BCUT2D eigenvalue weighted by Gasteiger charge is -2.09. The Kier molecular flexibility index (Phi) is 6.71. The van der Waals surface area contributed by atoms with Crippen LogP contribution < -0.4 is 10.0 Å². The number of rotatable bonds is 8.